The van der Waals surface area contributed by atoms with Crippen LogP contribution < -0.4 is 5.32 Å². The molecule has 0 amide bonds. The Hall–Kier alpha value is -1.62. The molecular formula is C13H21N3O2. The van der Waals surface area contributed by atoms with Gasteiger partial charge in [-0.25, -0.2) is 9.78 Å². The summed E-state index contributed by atoms with van der Waals surface area (Å²) in [6.07, 6.45) is 2.45. The third kappa shape index (κ3) is 4.33. The maximum atomic E-state index is 10.9. The monoisotopic (exact) mass is 251 g/mol. The summed E-state index contributed by atoms with van der Waals surface area (Å²) in [5, 5.41) is 12.1. The molecule has 1 heterocycles. The lowest BCUT2D eigenvalue weighted by atomic mass is 10.2. The van der Waals surface area contributed by atoms with Crippen LogP contribution in [-0.4, -0.2) is 47.1 Å². The lowest BCUT2D eigenvalue weighted by Crippen LogP contribution is -2.28. The topological polar surface area (TPSA) is 65.5 Å². The highest BCUT2D eigenvalue weighted by molar-refractivity contribution is 5.91. The summed E-state index contributed by atoms with van der Waals surface area (Å²) in [6.45, 7) is 6.02. The first-order chi connectivity index (χ1) is 8.52. The number of aromatic carboxylic acids is 1. The van der Waals surface area contributed by atoms with Crippen LogP contribution in [0.3, 0.4) is 0 Å². The van der Waals surface area contributed by atoms with E-state index in [4.69, 9.17) is 5.11 Å². The van der Waals surface area contributed by atoms with Gasteiger partial charge in [0, 0.05) is 18.8 Å². The summed E-state index contributed by atoms with van der Waals surface area (Å²) in [5.74, 6) is -1.00. The van der Waals surface area contributed by atoms with Crippen LogP contribution in [0.25, 0.3) is 0 Å². The van der Waals surface area contributed by atoms with Gasteiger partial charge in [-0.05, 0) is 46.0 Å². The standard InChI is InChI=1S/C13H21N3O2/c1-10(2)16(3)9-5-8-14-11-6-4-7-15-12(11)13(17)18/h4,6-7,10,14H,5,8-9H2,1-3H3,(H,17,18). The molecular weight excluding hydrogens is 230 g/mol. The number of pyridine rings is 1. The van der Waals surface area contributed by atoms with Crippen LogP contribution in [0.1, 0.15) is 30.8 Å². The van der Waals surface area contributed by atoms with Gasteiger partial charge in [-0.15, -0.1) is 0 Å². The molecule has 18 heavy (non-hydrogen) atoms. The van der Waals surface area contributed by atoms with Crippen LogP contribution in [0, 0.1) is 0 Å². The van der Waals surface area contributed by atoms with E-state index in [1.807, 2.05) is 0 Å². The second-order valence-electron chi connectivity index (χ2n) is 4.56. The molecule has 0 saturated heterocycles. The Morgan fingerprint density at radius 1 is 1.56 bits per heavy atom. The van der Waals surface area contributed by atoms with Crippen LogP contribution in [0.5, 0.6) is 0 Å². The number of carbonyl (C=O) groups is 1. The van der Waals surface area contributed by atoms with Crippen LogP contribution in [0.2, 0.25) is 0 Å². The van der Waals surface area contributed by atoms with Gasteiger partial charge < -0.3 is 15.3 Å². The number of carboxylic acids is 1. The predicted octanol–water partition coefficient (Wildman–Crippen LogP) is 1.92. The molecule has 0 aliphatic carbocycles. The maximum absolute atomic E-state index is 10.9. The van der Waals surface area contributed by atoms with Gasteiger partial charge in [-0.2, -0.15) is 0 Å². The third-order valence-electron chi connectivity index (χ3n) is 2.89. The van der Waals surface area contributed by atoms with E-state index in [0.29, 0.717) is 11.7 Å². The van der Waals surface area contributed by atoms with E-state index in [9.17, 15) is 4.79 Å². The Balaban J connectivity index is 2.42. The van der Waals surface area contributed by atoms with E-state index in [1.165, 1.54) is 6.20 Å². The van der Waals surface area contributed by atoms with E-state index in [2.05, 4.69) is 36.1 Å². The molecule has 0 radical (unpaired) electrons. The van der Waals surface area contributed by atoms with Gasteiger partial charge in [-0.3, -0.25) is 0 Å². The van der Waals surface area contributed by atoms with Crippen molar-refractivity contribution in [3.63, 3.8) is 0 Å². The van der Waals surface area contributed by atoms with Crippen LogP contribution in [-0.2, 0) is 0 Å². The first-order valence-corrected chi connectivity index (χ1v) is 6.14. The van der Waals surface area contributed by atoms with Crippen LogP contribution in [0.4, 0.5) is 5.69 Å². The van der Waals surface area contributed by atoms with Crippen molar-refractivity contribution in [3.05, 3.63) is 24.0 Å². The number of hydrogen-bond acceptors (Lipinski definition) is 4. The Labute approximate surface area is 108 Å². The van der Waals surface area contributed by atoms with Crippen LogP contribution >= 0.6 is 0 Å². The highest BCUT2D eigenvalue weighted by Gasteiger charge is 2.10. The number of nitrogens with one attached hydrogen (secondary N) is 1. The summed E-state index contributed by atoms with van der Waals surface area (Å²) in [5.41, 5.74) is 0.659. The van der Waals surface area contributed by atoms with Gasteiger partial charge in [0.1, 0.15) is 0 Å². The predicted molar refractivity (Wildman–Crippen MR) is 72.1 cm³/mol. The van der Waals surface area contributed by atoms with Gasteiger partial charge in [0.05, 0.1) is 5.69 Å². The average Bonchev–Trinajstić information content (AvgIpc) is 2.34. The SMILES string of the molecule is CC(C)N(C)CCCNc1cccnc1C(=O)O. The first kappa shape index (κ1) is 14.4. The molecule has 1 rings (SSSR count). The molecule has 0 unspecified atom stereocenters. The molecule has 1 aromatic heterocycles. The minimum Gasteiger partial charge on any atom is -0.476 e. The van der Waals surface area contributed by atoms with Gasteiger partial charge >= 0.3 is 5.97 Å². The van der Waals surface area contributed by atoms with Crippen molar-refractivity contribution >= 4 is 11.7 Å². The van der Waals surface area contributed by atoms with Crippen molar-refractivity contribution < 1.29 is 9.90 Å². The van der Waals surface area contributed by atoms with Crippen molar-refractivity contribution in [1.29, 1.82) is 0 Å². The summed E-state index contributed by atoms with van der Waals surface area (Å²) in [6, 6.07) is 4.00. The smallest absolute Gasteiger partial charge is 0.356 e. The Morgan fingerprint density at radius 2 is 2.28 bits per heavy atom. The molecule has 1 aromatic rings. The molecule has 0 fully saturated rings. The number of anilines is 1. The molecule has 0 atom stereocenters. The minimum absolute atomic E-state index is 0.0784. The highest BCUT2D eigenvalue weighted by atomic mass is 16.4. The molecule has 0 aliphatic heterocycles. The van der Waals surface area contributed by atoms with E-state index in [1.54, 1.807) is 12.1 Å². The minimum atomic E-state index is -1.00. The highest BCUT2D eigenvalue weighted by Crippen LogP contribution is 2.11. The van der Waals surface area contributed by atoms with Crippen molar-refractivity contribution in [2.24, 2.45) is 0 Å². The van der Waals surface area contributed by atoms with Crippen LogP contribution in [0.15, 0.2) is 18.3 Å². The fourth-order valence-corrected chi connectivity index (χ4v) is 1.53. The third-order valence-corrected chi connectivity index (χ3v) is 2.89. The summed E-state index contributed by atoms with van der Waals surface area (Å²) in [4.78, 5) is 17.0. The molecule has 5 nitrogen and oxygen atoms in total. The van der Waals surface area contributed by atoms with E-state index < -0.39 is 5.97 Å². The lowest BCUT2D eigenvalue weighted by Gasteiger charge is -2.20. The van der Waals surface area contributed by atoms with E-state index in [-0.39, 0.29) is 5.69 Å². The van der Waals surface area contributed by atoms with E-state index in [0.717, 1.165) is 19.5 Å². The quantitative estimate of drug-likeness (QED) is 0.725. The fourth-order valence-electron chi connectivity index (χ4n) is 1.53. The summed E-state index contributed by atoms with van der Waals surface area (Å²) in [7, 11) is 2.08. The van der Waals surface area contributed by atoms with Gasteiger partial charge in [0.2, 0.25) is 0 Å². The molecule has 0 spiro atoms. The fraction of sp³-hybridized carbons (Fsp3) is 0.538. The number of nitrogens with zero attached hydrogens (tertiary/aromatic N) is 2. The van der Waals surface area contributed by atoms with Gasteiger partial charge in [-0.1, -0.05) is 0 Å². The zero-order valence-electron chi connectivity index (χ0n) is 11.2. The molecule has 0 aromatic carbocycles. The van der Waals surface area contributed by atoms with Crippen molar-refractivity contribution in [2.45, 2.75) is 26.3 Å². The summed E-state index contributed by atoms with van der Waals surface area (Å²) < 4.78 is 0. The molecule has 0 aliphatic rings. The Bertz CT molecular complexity index is 394. The Kier molecular flexibility index (Phi) is 5.58. The van der Waals surface area contributed by atoms with Crippen molar-refractivity contribution in [1.82, 2.24) is 9.88 Å². The molecule has 2 N–H and O–H groups in total. The molecule has 5 heteroatoms. The number of hydrogen-bond donors (Lipinski definition) is 2. The second kappa shape index (κ2) is 6.96. The summed E-state index contributed by atoms with van der Waals surface area (Å²) >= 11 is 0. The number of aromatic nitrogens is 1. The molecule has 0 bridgehead atoms. The van der Waals surface area contributed by atoms with Crippen molar-refractivity contribution in [2.75, 3.05) is 25.5 Å². The maximum Gasteiger partial charge on any atom is 0.356 e. The van der Waals surface area contributed by atoms with Gasteiger partial charge in [0.15, 0.2) is 5.69 Å². The van der Waals surface area contributed by atoms with Gasteiger partial charge in [0.25, 0.3) is 0 Å². The number of rotatable bonds is 7. The zero-order chi connectivity index (χ0) is 13.5. The number of carboxylic acid groups (broad SMARTS) is 1. The van der Waals surface area contributed by atoms with E-state index >= 15 is 0 Å². The largest absolute Gasteiger partial charge is 0.476 e. The zero-order valence-corrected chi connectivity index (χ0v) is 11.2. The van der Waals surface area contributed by atoms with Crippen molar-refractivity contribution in [3.8, 4) is 0 Å². The normalized spacial score (nSPS) is 10.9. The molecule has 0 saturated carbocycles. The second-order valence-corrected chi connectivity index (χ2v) is 4.56. The lowest BCUT2D eigenvalue weighted by molar-refractivity contribution is 0.0691. The molecule has 100 valence electrons. The first-order valence-electron chi connectivity index (χ1n) is 6.14. The Morgan fingerprint density at radius 3 is 2.89 bits per heavy atom. The average molecular weight is 251 g/mol.